The summed E-state index contributed by atoms with van der Waals surface area (Å²) in [6, 6.07) is 4.13. The van der Waals surface area contributed by atoms with E-state index in [9.17, 15) is 21.1 Å². The summed E-state index contributed by atoms with van der Waals surface area (Å²) in [4.78, 5) is 0. The molecule has 0 N–H and O–H groups in total. The maximum absolute atomic E-state index is 12.5. The predicted octanol–water partition coefficient (Wildman–Crippen LogP) is 2.40. The topological polar surface area (TPSA) is 43.4 Å². The highest BCUT2D eigenvalue weighted by molar-refractivity contribution is 7.85. The van der Waals surface area contributed by atoms with Crippen molar-refractivity contribution in [1.29, 1.82) is 0 Å². The number of hydrogen-bond donors (Lipinski definition) is 0. The summed E-state index contributed by atoms with van der Waals surface area (Å²) in [5, 5.41) is 0. The molecule has 0 aromatic heterocycles. The van der Waals surface area contributed by atoms with E-state index in [2.05, 4.69) is 4.74 Å². The number of alkyl halides is 2. The summed E-state index contributed by atoms with van der Waals surface area (Å²) in [5.41, 5.74) is 0.198. The Morgan fingerprint density at radius 3 is 2.50 bits per heavy atom. The van der Waals surface area contributed by atoms with Gasteiger partial charge in [0.25, 0.3) is 0 Å². The number of benzene rings is 1. The zero-order chi connectivity index (χ0) is 12.3. The normalized spacial score (nSPS) is 11.8. The van der Waals surface area contributed by atoms with Gasteiger partial charge in [0.1, 0.15) is 11.5 Å². The number of hydrogen-bond acceptors (Lipinski definition) is 3. The Hall–Kier alpha value is -1.24. The minimum Gasteiger partial charge on any atom is -0.434 e. The molecule has 0 atom stereocenters. The molecule has 0 aliphatic carbocycles. The summed E-state index contributed by atoms with van der Waals surface area (Å²) in [7, 11) is -4.78. The van der Waals surface area contributed by atoms with Crippen molar-refractivity contribution in [3.8, 4) is 5.75 Å². The second-order valence-corrected chi connectivity index (χ2v) is 4.49. The van der Waals surface area contributed by atoms with Crippen molar-refractivity contribution >= 4 is 10.2 Å². The second kappa shape index (κ2) is 4.73. The standard InChI is InChI=1S/C9H9F3O3S/c1-6-3-2-4-7(5-16(12,13)14)8(6)15-9(10)11/h2-4,9H,5H2,1H3. The highest BCUT2D eigenvalue weighted by Crippen LogP contribution is 2.27. The van der Waals surface area contributed by atoms with Gasteiger partial charge in [0.05, 0.1) is 0 Å². The molecule has 1 aromatic rings. The lowest BCUT2D eigenvalue weighted by atomic mass is 10.1. The van der Waals surface area contributed by atoms with Crippen LogP contribution in [0.15, 0.2) is 18.2 Å². The van der Waals surface area contributed by atoms with Crippen LogP contribution in [0.25, 0.3) is 0 Å². The van der Waals surface area contributed by atoms with Crippen molar-refractivity contribution in [2.45, 2.75) is 19.3 Å². The van der Waals surface area contributed by atoms with Crippen molar-refractivity contribution in [1.82, 2.24) is 0 Å². The first kappa shape index (κ1) is 12.8. The smallest absolute Gasteiger partial charge is 0.387 e. The molecule has 0 heterocycles. The molecule has 0 radical (unpaired) electrons. The van der Waals surface area contributed by atoms with Gasteiger partial charge in [-0.15, -0.1) is 3.89 Å². The Morgan fingerprint density at radius 2 is 2.00 bits per heavy atom. The second-order valence-electron chi connectivity index (χ2n) is 3.12. The fourth-order valence-electron chi connectivity index (χ4n) is 1.27. The van der Waals surface area contributed by atoms with E-state index in [1.807, 2.05) is 0 Å². The molecule has 16 heavy (non-hydrogen) atoms. The Morgan fingerprint density at radius 1 is 1.38 bits per heavy atom. The molecular formula is C9H9F3O3S. The van der Waals surface area contributed by atoms with Gasteiger partial charge in [0.15, 0.2) is 0 Å². The Kier molecular flexibility index (Phi) is 3.79. The maximum Gasteiger partial charge on any atom is 0.387 e. The Bertz CT molecular complexity index is 471. The molecule has 0 saturated carbocycles. The number of para-hydroxylation sites is 1. The minimum absolute atomic E-state index is 0.122. The number of halogens is 3. The third-order valence-electron chi connectivity index (χ3n) is 1.83. The zero-order valence-electron chi connectivity index (χ0n) is 8.28. The molecule has 7 heteroatoms. The van der Waals surface area contributed by atoms with E-state index < -0.39 is 22.6 Å². The van der Waals surface area contributed by atoms with Crippen LogP contribution in [0.4, 0.5) is 12.7 Å². The molecule has 0 amide bonds. The van der Waals surface area contributed by atoms with E-state index in [1.54, 1.807) is 0 Å². The van der Waals surface area contributed by atoms with Crippen LogP contribution in [0.2, 0.25) is 0 Å². The molecule has 1 aromatic carbocycles. The van der Waals surface area contributed by atoms with Gasteiger partial charge < -0.3 is 4.74 Å². The summed E-state index contributed by atoms with van der Waals surface area (Å²) in [6.45, 7) is -1.62. The van der Waals surface area contributed by atoms with Crippen LogP contribution in [0.5, 0.6) is 5.75 Å². The minimum atomic E-state index is -4.78. The average molecular weight is 254 g/mol. The van der Waals surface area contributed by atoms with Gasteiger partial charge in [-0.05, 0) is 12.5 Å². The molecule has 90 valence electrons. The van der Waals surface area contributed by atoms with Crippen LogP contribution in [-0.2, 0) is 16.0 Å². The first-order valence-corrected chi connectivity index (χ1v) is 5.80. The summed E-state index contributed by atoms with van der Waals surface area (Å²) >= 11 is 0. The lowest BCUT2D eigenvalue weighted by Crippen LogP contribution is -2.07. The monoisotopic (exact) mass is 254 g/mol. The molecule has 0 spiro atoms. The van der Waals surface area contributed by atoms with E-state index in [0.29, 0.717) is 5.56 Å². The third kappa shape index (κ3) is 3.73. The molecule has 0 saturated heterocycles. The molecule has 0 unspecified atom stereocenters. The molecule has 1 rings (SSSR count). The van der Waals surface area contributed by atoms with Crippen LogP contribution in [-0.4, -0.2) is 15.0 Å². The van der Waals surface area contributed by atoms with Crippen LogP contribution >= 0.6 is 0 Å². The van der Waals surface area contributed by atoms with E-state index >= 15 is 0 Å². The molecular weight excluding hydrogens is 245 g/mol. The molecule has 0 aliphatic heterocycles. The van der Waals surface area contributed by atoms with E-state index in [1.165, 1.54) is 25.1 Å². The predicted molar refractivity (Wildman–Crippen MR) is 51.5 cm³/mol. The fourth-order valence-corrected chi connectivity index (χ4v) is 1.87. The lowest BCUT2D eigenvalue weighted by Gasteiger charge is -2.11. The Labute approximate surface area is 91.1 Å². The van der Waals surface area contributed by atoms with Gasteiger partial charge in [-0.1, -0.05) is 18.2 Å². The quantitative estimate of drug-likeness (QED) is 0.775. The fraction of sp³-hybridized carbons (Fsp3) is 0.333. The zero-order valence-corrected chi connectivity index (χ0v) is 9.10. The van der Waals surface area contributed by atoms with Crippen LogP contribution in [0.1, 0.15) is 11.1 Å². The van der Waals surface area contributed by atoms with Gasteiger partial charge in [-0.25, -0.2) is 0 Å². The van der Waals surface area contributed by atoms with Gasteiger partial charge in [-0.2, -0.15) is 17.2 Å². The summed E-state index contributed by atoms with van der Waals surface area (Å²) in [6.07, 6.45) is 0. The van der Waals surface area contributed by atoms with Crippen LogP contribution in [0, 0.1) is 6.92 Å². The van der Waals surface area contributed by atoms with Gasteiger partial charge >= 0.3 is 16.8 Å². The lowest BCUT2D eigenvalue weighted by molar-refractivity contribution is -0.0508. The van der Waals surface area contributed by atoms with Crippen molar-refractivity contribution < 1.29 is 25.8 Å². The SMILES string of the molecule is Cc1cccc(CS(=O)(=O)F)c1OC(F)F. The third-order valence-corrected chi connectivity index (χ3v) is 2.48. The Balaban J connectivity index is 3.12. The van der Waals surface area contributed by atoms with Crippen LogP contribution in [0.3, 0.4) is 0 Å². The highest BCUT2D eigenvalue weighted by atomic mass is 32.3. The molecule has 3 nitrogen and oxygen atoms in total. The van der Waals surface area contributed by atoms with E-state index in [-0.39, 0.29) is 11.3 Å². The summed E-state index contributed by atoms with van der Waals surface area (Å²) < 4.78 is 61.6. The van der Waals surface area contributed by atoms with Crippen molar-refractivity contribution in [2.75, 3.05) is 0 Å². The molecule has 0 bridgehead atoms. The van der Waals surface area contributed by atoms with Crippen molar-refractivity contribution in [3.05, 3.63) is 29.3 Å². The van der Waals surface area contributed by atoms with Gasteiger partial charge in [0, 0.05) is 5.56 Å². The van der Waals surface area contributed by atoms with Crippen LogP contribution < -0.4 is 4.74 Å². The van der Waals surface area contributed by atoms with E-state index in [0.717, 1.165) is 0 Å². The first-order chi connectivity index (χ1) is 7.29. The summed E-state index contributed by atoms with van der Waals surface area (Å²) in [5.74, 6) is -1.27. The van der Waals surface area contributed by atoms with Gasteiger partial charge in [-0.3, -0.25) is 0 Å². The first-order valence-electron chi connectivity index (χ1n) is 4.25. The molecule has 0 aliphatic rings. The van der Waals surface area contributed by atoms with Gasteiger partial charge in [0.2, 0.25) is 0 Å². The highest BCUT2D eigenvalue weighted by Gasteiger charge is 2.17. The number of ether oxygens (including phenoxy) is 1. The number of aryl methyl sites for hydroxylation is 1. The van der Waals surface area contributed by atoms with Crippen molar-refractivity contribution in [3.63, 3.8) is 0 Å². The largest absolute Gasteiger partial charge is 0.434 e. The number of rotatable bonds is 4. The van der Waals surface area contributed by atoms with Crippen molar-refractivity contribution in [2.24, 2.45) is 0 Å². The average Bonchev–Trinajstić information content (AvgIpc) is 2.08. The van der Waals surface area contributed by atoms with E-state index in [4.69, 9.17) is 0 Å². The molecule has 0 fully saturated rings. The maximum atomic E-state index is 12.5.